The Morgan fingerprint density at radius 2 is 1.18 bits per heavy atom. The second-order valence-corrected chi connectivity index (χ2v) is 8.08. The van der Waals surface area contributed by atoms with Gasteiger partial charge in [-0.05, 0) is 11.8 Å². The van der Waals surface area contributed by atoms with Crippen molar-refractivity contribution in [2.75, 3.05) is 0 Å². The Bertz CT molecular complexity index is 744. The summed E-state index contributed by atoms with van der Waals surface area (Å²) in [4.78, 5) is 71.8. The number of primary amides is 2. The minimum atomic E-state index is -1.67. The lowest BCUT2D eigenvalue weighted by molar-refractivity contribution is -0.144. The van der Waals surface area contributed by atoms with Crippen molar-refractivity contribution in [3.8, 4) is 0 Å². The maximum absolute atomic E-state index is 12.9. The van der Waals surface area contributed by atoms with Crippen LogP contribution in [0.25, 0.3) is 0 Å². The number of hydrogen-bond donors (Lipinski definition) is 7. The highest BCUT2D eigenvalue weighted by Crippen LogP contribution is 2.11. The summed E-state index contributed by atoms with van der Waals surface area (Å²) in [6.07, 6.45) is -0.208. The predicted molar refractivity (Wildman–Crippen MR) is 118 cm³/mol. The molecule has 0 aromatic rings. The summed E-state index contributed by atoms with van der Waals surface area (Å²) in [5, 5.41) is 16.1. The van der Waals surface area contributed by atoms with Crippen molar-refractivity contribution in [2.24, 2.45) is 29.0 Å². The minimum Gasteiger partial charge on any atom is -0.480 e. The SMILES string of the molecule is CCC(C)C(N)C(=O)NC(C(=O)NC(CC(N)=O)C(=O)NC(CC(N)=O)C(=O)O)C(C)CC. The first kappa shape index (κ1) is 29.8. The molecule has 0 bridgehead atoms. The number of rotatable bonds is 15. The fraction of sp³-hybridized carbons (Fsp3) is 0.700. The number of carbonyl (C=O) groups excluding carboxylic acids is 5. The van der Waals surface area contributed by atoms with Crippen molar-refractivity contribution in [1.29, 1.82) is 0 Å². The Morgan fingerprint density at radius 1 is 0.727 bits per heavy atom. The van der Waals surface area contributed by atoms with Gasteiger partial charge in [0, 0.05) is 0 Å². The normalized spacial score (nSPS) is 16.3. The van der Waals surface area contributed by atoms with Crippen molar-refractivity contribution in [2.45, 2.75) is 77.5 Å². The van der Waals surface area contributed by atoms with Crippen molar-refractivity contribution in [3.05, 3.63) is 0 Å². The zero-order chi connectivity index (χ0) is 25.9. The molecule has 0 aliphatic rings. The number of carboxylic acid groups (broad SMARTS) is 1. The van der Waals surface area contributed by atoms with Crippen LogP contribution in [0.15, 0.2) is 0 Å². The molecule has 188 valence electrons. The predicted octanol–water partition coefficient (Wildman–Crippen LogP) is -2.30. The van der Waals surface area contributed by atoms with Crippen molar-refractivity contribution >= 4 is 35.5 Å². The largest absolute Gasteiger partial charge is 0.480 e. The van der Waals surface area contributed by atoms with E-state index in [0.29, 0.717) is 12.8 Å². The smallest absolute Gasteiger partial charge is 0.326 e. The van der Waals surface area contributed by atoms with Crippen LogP contribution < -0.4 is 33.2 Å². The van der Waals surface area contributed by atoms with Gasteiger partial charge in [-0.2, -0.15) is 0 Å². The highest BCUT2D eigenvalue weighted by molar-refractivity contribution is 5.96. The fourth-order valence-corrected chi connectivity index (χ4v) is 2.81. The van der Waals surface area contributed by atoms with E-state index in [1.54, 1.807) is 20.8 Å². The lowest BCUT2D eigenvalue weighted by atomic mass is 9.95. The van der Waals surface area contributed by atoms with E-state index in [9.17, 15) is 28.8 Å². The van der Waals surface area contributed by atoms with Gasteiger partial charge in [-0.25, -0.2) is 4.79 Å². The first-order valence-electron chi connectivity index (χ1n) is 10.7. The monoisotopic (exact) mass is 472 g/mol. The molecule has 0 rings (SSSR count). The molecule has 0 aliphatic carbocycles. The molecule has 6 unspecified atom stereocenters. The van der Waals surface area contributed by atoms with Crippen LogP contribution in [0, 0.1) is 11.8 Å². The van der Waals surface area contributed by atoms with Crippen LogP contribution in [0.3, 0.4) is 0 Å². The number of nitrogens with two attached hydrogens (primary N) is 3. The van der Waals surface area contributed by atoms with Gasteiger partial charge in [-0.15, -0.1) is 0 Å². The molecule has 0 spiro atoms. The third kappa shape index (κ3) is 10.3. The summed E-state index contributed by atoms with van der Waals surface area (Å²) in [6.45, 7) is 7.16. The summed E-state index contributed by atoms with van der Waals surface area (Å²) >= 11 is 0. The molecule has 0 aromatic carbocycles. The molecule has 0 heterocycles. The molecule has 5 amide bonds. The molecule has 13 heteroatoms. The van der Waals surface area contributed by atoms with Crippen molar-refractivity contribution < 1.29 is 33.9 Å². The van der Waals surface area contributed by atoms with Crippen LogP contribution in [0.5, 0.6) is 0 Å². The van der Waals surface area contributed by atoms with E-state index in [-0.39, 0.29) is 11.8 Å². The molecular weight excluding hydrogens is 436 g/mol. The van der Waals surface area contributed by atoms with Gasteiger partial charge in [0.1, 0.15) is 18.1 Å². The Balaban J connectivity index is 5.63. The maximum atomic E-state index is 12.9. The number of carbonyl (C=O) groups is 6. The Labute approximate surface area is 192 Å². The van der Waals surface area contributed by atoms with E-state index in [0.717, 1.165) is 0 Å². The molecule has 0 aliphatic heterocycles. The van der Waals surface area contributed by atoms with Crippen LogP contribution in [0.4, 0.5) is 0 Å². The third-order valence-corrected chi connectivity index (χ3v) is 5.41. The molecule has 33 heavy (non-hydrogen) atoms. The highest BCUT2D eigenvalue weighted by Gasteiger charge is 2.34. The third-order valence-electron chi connectivity index (χ3n) is 5.41. The molecule has 0 saturated carbocycles. The lowest BCUT2D eigenvalue weighted by Gasteiger charge is -2.28. The standard InChI is InChI=1S/C20H36N6O7/c1-5-9(3)15(23)18(30)26-16(10(4)6-2)19(31)24-11(7-13(21)27)17(29)25-12(20(32)33)8-14(22)28/h9-12,15-16H,5-8,23H2,1-4H3,(H2,21,27)(H2,22,28)(H,24,31)(H,25,29)(H,26,30)(H,32,33). The molecule has 0 radical (unpaired) electrons. The Hall–Kier alpha value is -3.22. The summed E-state index contributed by atoms with van der Waals surface area (Å²) in [5.41, 5.74) is 16.1. The quantitative estimate of drug-likeness (QED) is 0.136. The number of hydrogen-bond acceptors (Lipinski definition) is 7. The Morgan fingerprint density at radius 3 is 1.61 bits per heavy atom. The molecule has 6 atom stereocenters. The first-order chi connectivity index (χ1) is 15.2. The van der Waals surface area contributed by atoms with E-state index >= 15 is 0 Å². The van der Waals surface area contributed by atoms with Crippen molar-refractivity contribution in [1.82, 2.24) is 16.0 Å². The van der Waals surface area contributed by atoms with E-state index in [2.05, 4.69) is 16.0 Å². The molecule has 10 N–H and O–H groups in total. The fourth-order valence-electron chi connectivity index (χ4n) is 2.81. The second-order valence-electron chi connectivity index (χ2n) is 8.08. The highest BCUT2D eigenvalue weighted by atomic mass is 16.4. The first-order valence-corrected chi connectivity index (χ1v) is 10.7. The summed E-state index contributed by atoms with van der Waals surface area (Å²) in [7, 11) is 0. The zero-order valence-electron chi connectivity index (χ0n) is 19.4. The van der Waals surface area contributed by atoms with Crippen LogP contribution in [-0.2, 0) is 28.8 Å². The Kier molecular flexibility index (Phi) is 12.7. The lowest BCUT2D eigenvalue weighted by Crippen LogP contribution is -2.59. The molecule has 0 fully saturated rings. The number of aliphatic carboxylic acids is 1. The minimum absolute atomic E-state index is 0.141. The topological polar surface area (TPSA) is 237 Å². The number of amides is 5. The second kappa shape index (κ2) is 14.0. The van der Waals surface area contributed by atoms with Gasteiger partial charge in [0.15, 0.2) is 0 Å². The van der Waals surface area contributed by atoms with Gasteiger partial charge < -0.3 is 38.3 Å². The summed E-state index contributed by atoms with van der Waals surface area (Å²) in [5.74, 6) is -6.34. The van der Waals surface area contributed by atoms with Gasteiger partial charge in [0.05, 0.1) is 18.9 Å². The zero-order valence-corrected chi connectivity index (χ0v) is 19.4. The van der Waals surface area contributed by atoms with Crippen LogP contribution >= 0.6 is 0 Å². The van der Waals surface area contributed by atoms with E-state index in [4.69, 9.17) is 22.3 Å². The van der Waals surface area contributed by atoms with Crippen LogP contribution in [0.1, 0.15) is 53.4 Å². The van der Waals surface area contributed by atoms with E-state index < -0.39 is 72.5 Å². The molecule has 0 aromatic heterocycles. The van der Waals surface area contributed by atoms with Gasteiger partial charge in [-0.3, -0.25) is 24.0 Å². The number of nitrogens with one attached hydrogen (secondary N) is 3. The average molecular weight is 473 g/mol. The summed E-state index contributed by atoms with van der Waals surface area (Å²) < 4.78 is 0. The van der Waals surface area contributed by atoms with E-state index in [1.807, 2.05) is 6.92 Å². The van der Waals surface area contributed by atoms with Gasteiger partial charge in [-0.1, -0.05) is 40.5 Å². The van der Waals surface area contributed by atoms with Gasteiger partial charge >= 0.3 is 5.97 Å². The summed E-state index contributed by atoms with van der Waals surface area (Å²) in [6, 6.07) is -5.15. The molecule has 0 saturated heterocycles. The van der Waals surface area contributed by atoms with Gasteiger partial charge in [0.25, 0.3) is 0 Å². The molecule has 13 nitrogen and oxygen atoms in total. The number of carboxylic acids is 1. The van der Waals surface area contributed by atoms with Crippen LogP contribution in [0.2, 0.25) is 0 Å². The average Bonchev–Trinajstić information content (AvgIpc) is 2.73. The van der Waals surface area contributed by atoms with Gasteiger partial charge in [0.2, 0.25) is 29.5 Å². The van der Waals surface area contributed by atoms with Crippen LogP contribution in [-0.4, -0.2) is 64.8 Å². The van der Waals surface area contributed by atoms with Crippen molar-refractivity contribution in [3.63, 3.8) is 0 Å². The molecular formula is C20H36N6O7. The van der Waals surface area contributed by atoms with E-state index in [1.165, 1.54) is 0 Å². The maximum Gasteiger partial charge on any atom is 0.326 e.